The monoisotopic (exact) mass is 210 g/mol. The molecular weight excluding hydrogens is 196 g/mol. The van der Waals surface area contributed by atoms with Crippen LogP contribution < -0.4 is 0 Å². The van der Waals surface area contributed by atoms with Gasteiger partial charge in [0.1, 0.15) is 0 Å². The van der Waals surface area contributed by atoms with Crippen molar-refractivity contribution in [3.05, 3.63) is 0 Å². The molecule has 1 N–H and O–H groups in total. The summed E-state index contributed by atoms with van der Waals surface area (Å²) in [6.07, 6.45) is 0.751. The van der Waals surface area contributed by atoms with Crippen molar-refractivity contribution in [2.24, 2.45) is 5.92 Å². The first-order valence-electron chi connectivity index (χ1n) is 3.73. The zero-order valence-electron chi connectivity index (χ0n) is 8.07. The molecule has 1 unspecified atom stereocenters. The van der Waals surface area contributed by atoms with E-state index in [9.17, 15) is 18.3 Å². The van der Waals surface area contributed by atoms with Crippen LogP contribution in [0.4, 0.5) is 0 Å². The van der Waals surface area contributed by atoms with Crippen molar-refractivity contribution in [3.8, 4) is 0 Å². The van der Waals surface area contributed by atoms with E-state index in [0.29, 0.717) is 0 Å². The van der Waals surface area contributed by atoms with Gasteiger partial charge in [0.2, 0.25) is 0 Å². The lowest BCUT2D eigenvalue weighted by Gasteiger charge is -2.23. The SMILES string of the molecule is CC(C)C(C)(O)C(=O)OS(C)(=O)=O. The first-order chi connectivity index (χ1) is 5.57. The molecule has 5 nitrogen and oxygen atoms in total. The Bertz CT molecular complexity index is 288. The van der Waals surface area contributed by atoms with Gasteiger partial charge in [0.15, 0.2) is 5.60 Å². The van der Waals surface area contributed by atoms with Gasteiger partial charge in [-0.3, -0.25) is 0 Å². The molecule has 13 heavy (non-hydrogen) atoms. The Kier molecular flexibility index (Phi) is 3.46. The Morgan fingerprint density at radius 1 is 1.46 bits per heavy atom. The van der Waals surface area contributed by atoms with E-state index in [2.05, 4.69) is 4.18 Å². The lowest BCUT2D eigenvalue weighted by atomic mass is 9.93. The maximum atomic E-state index is 11.1. The van der Waals surface area contributed by atoms with E-state index in [1.165, 1.54) is 6.92 Å². The zero-order valence-corrected chi connectivity index (χ0v) is 8.88. The third kappa shape index (κ3) is 3.73. The Balaban J connectivity index is 4.63. The Morgan fingerprint density at radius 3 is 2.08 bits per heavy atom. The quantitative estimate of drug-likeness (QED) is 0.658. The third-order valence-corrected chi connectivity index (χ3v) is 2.22. The Hall–Kier alpha value is -0.620. The van der Waals surface area contributed by atoms with E-state index in [1.54, 1.807) is 13.8 Å². The van der Waals surface area contributed by atoms with Crippen LogP contribution in [0.5, 0.6) is 0 Å². The van der Waals surface area contributed by atoms with Crippen molar-refractivity contribution >= 4 is 16.1 Å². The van der Waals surface area contributed by atoms with Crippen molar-refractivity contribution in [2.45, 2.75) is 26.4 Å². The number of rotatable bonds is 3. The van der Waals surface area contributed by atoms with Crippen LogP contribution in [0.15, 0.2) is 0 Å². The zero-order chi connectivity index (χ0) is 10.9. The fourth-order valence-corrected chi connectivity index (χ4v) is 0.901. The van der Waals surface area contributed by atoms with Crippen LogP contribution in [0.2, 0.25) is 0 Å². The van der Waals surface area contributed by atoms with Gasteiger partial charge in [-0.05, 0) is 12.8 Å². The minimum absolute atomic E-state index is 0.415. The molecule has 0 aliphatic heterocycles. The third-order valence-electron chi connectivity index (χ3n) is 1.76. The molecule has 0 rings (SSSR count). The number of hydrogen-bond acceptors (Lipinski definition) is 5. The predicted octanol–water partition coefficient (Wildman–Crippen LogP) is -0.104. The summed E-state index contributed by atoms with van der Waals surface area (Å²) in [6, 6.07) is 0. The molecule has 0 heterocycles. The minimum atomic E-state index is -3.85. The summed E-state index contributed by atoms with van der Waals surface area (Å²) in [7, 11) is -3.85. The molecule has 0 spiro atoms. The largest absolute Gasteiger partial charge is 0.378 e. The van der Waals surface area contributed by atoms with Crippen molar-refractivity contribution in [1.29, 1.82) is 0 Å². The van der Waals surface area contributed by atoms with E-state index < -0.39 is 27.6 Å². The molecule has 0 bridgehead atoms. The molecule has 6 heteroatoms. The van der Waals surface area contributed by atoms with E-state index in [0.717, 1.165) is 6.26 Å². The molecule has 0 fully saturated rings. The summed E-state index contributed by atoms with van der Waals surface area (Å²) in [6.45, 7) is 4.39. The topological polar surface area (TPSA) is 80.7 Å². The van der Waals surface area contributed by atoms with Gasteiger partial charge in [-0.15, -0.1) is 0 Å². The number of carbonyl (C=O) groups excluding carboxylic acids is 1. The van der Waals surface area contributed by atoms with E-state index in [4.69, 9.17) is 0 Å². The normalized spacial score (nSPS) is 16.8. The highest BCUT2D eigenvalue weighted by molar-refractivity contribution is 7.86. The number of hydrogen-bond donors (Lipinski definition) is 1. The molecular formula is C7H14O5S. The van der Waals surface area contributed by atoms with E-state index in [-0.39, 0.29) is 0 Å². The van der Waals surface area contributed by atoms with Crippen LogP contribution in [-0.4, -0.2) is 31.4 Å². The highest BCUT2D eigenvalue weighted by atomic mass is 32.2. The van der Waals surface area contributed by atoms with Crippen LogP contribution in [0, 0.1) is 5.92 Å². The molecule has 0 aromatic heterocycles. The van der Waals surface area contributed by atoms with Gasteiger partial charge >= 0.3 is 16.1 Å². The molecule has 0 aliphatic carbocycles. The molecule has 0 aliphatic rings. The predicted molar refractivity (Wildman–Crippen MR) is 46.4 cm³/mol. The smallest absolute Gasteiger partial charge is 0.353 e. The van der Waals surface area contributed by atoms with Crippen LogP contribution in [0.3, 0.4) is 0 Å². The van der Waals surface area contributed by atoms with Crippen LogP contribution in [0.25, 0.3) is 0 Å². The van der Waals surface area contributed by atoms with Gasteiger partial charge < -0.3 is 9.29 Å². The molecule has 0 aromatic rings. The maximum Gasteiger partial charge on any atom is 0.353 e. The lowest BCUT2D eigenvalue weighted by molar-refractivity contribution is -0.157. The van der Waals surface area contributed by atoms with Gasteiger partial charge in [-0.25, -0.2) is 4.79 Å². The van der Waals surface area contributed by atoms with Gasteiger partial charge in [-0.2, -0.15) is 8.42 Å². The fraction of sp³-hybridized carbons (Fsp3) is 0.857. The molecule has 78 valence electrons. The average molecular weight is 210 g/mol. The standard InChI is InChI=1S/C7H14O5S/c1-5(2)7(3,9)6(8)12-13(4,10)11/h5,9H,1-4H3. The highest BCUT2D eigenvalue weighted by Gasteiger charge is 2.37. The summed E-state index contributed by atoms with van der Waals surface area (Å²) in [5.41, 5.74) is -1.77. The molecule has 0 amide bonds. The van der Waals surface area contributed by atoms with Gasteiger partial charge in [0, 0.05) is 0 Å². The first-order valence-corrected chi connectivity index (χ1v) is 5.55. The summed E-state index contributed by atoms with van der Waals surface area (Å²) in [5, 5.41) is 9.48. The van der Waals surface area contributed by atoms with E-state index in [1.807, 2.05) is 0 Å². The second kappa shape index (κ2) is 3.63. The molecule has 1 atom stereocenters. The molecule has 0 aromatic carbocycles. The summed E-state index contributed by atoms with van der Waals surface area (Å²) >= 11 is 0. The van der Waals surface area contributed by atoms with Gasteiger partial charge in [0.05, 0.1) is 6.26 Å². The van der Waals surface area contributed by atoms with Crippen LogP contribution in [-0.2, 0) is 19.1 Å². The molecule has 0 saturated heterocycles. The van der Waals surface area contributed by atoms with Gasteiger partial charge in [0.25, 0.3) is 0 Å². The lowest BCUT2D eigenvalue weighted by Crippen LogP contribution is -2.42. The minimum Gasteiger partial charge on any atom is -0.378 e. The summed E-state index contributed by atoms with van der Waals surface area (Å²) in [4.78, 5) is 11.1. The summed E-state index contributed by atoms with van der Waals surface area (Å²) in [5.74, 6) is -1.56. The van der Waals surface area contributed by atoms with Crippen molar-refractivity contribution in [2.75, 3.05) is 6.26 Å². The highest BCUT2D eigenvalue weighted by Crippen LogP contribution is 2.18. The Morgan fingerprint density at radius 2 is 1.85 bits per heavy atom. The fourth-order valence-electron chi connectivity index (χ4n) is 0.458. The second-order valence-electron chi connectivity index (χ2n) is 3.38. The van der Waals surface area contributed by atoms with Crippen molar-refractivity contribution in [3.63, 3.8) is 0 Å². The van der Waals surface area contributed by atoms with Crippen molar-refractivity contribution < 1.29 is 22.5 Å². The first kappa shape index (κ1) is 12.4. The Labute approximate surface area is 77.8 Å². The van der Waals surface area contributed by atoms with Crippen LogP contribution >= 0.6 is 0 Å². The summed E-state index contributed by atoms with van der Waals surface area (Å²) < 4.78 is 25.2. The van der Waals surface area contributed by atoms with Gasteiger partial charge in [-0.1, -0.05) is 13.8 Å². The number of aliphatic hydroxyl groups is 1. The number of carbonyl (C=O) groups is 1. The van der Waals surface area contributed by atoms with Crippen molar-refractivity contribution in [1.82, 2.24) is 0 Å². The van der Waals surface area contributed by atoms with Crippen LogP contribution in [0.1, 0.15) is 20.8 Å². The second-order valence-corrected chi connectivity index (χ2v) is 4.95. The molecule has 0 saturated carbocycles. The molecule has 0 radical (unpaired) electrons. The average Bonchev–Trinajstić information content (AvgIpc) is 1.82. The van der Waals surface area contributed by atoms with E-state index >= 15 is 0 Å². The maximum absolute atomic E-state index is 11.1.